The SMILES string of the molecule is Cl.O=C(NCc1ccc(CO)c(F)c1)C1CC12CCNCC2. The molecule has 3 rings (SSSR count). The van der Waals surface area contributed by atoms with Gasteiger partial charge >= 0.3 is 0 Å². The third-order valence-electron chi connectivity index (χ3n) is 4.86. The highest BCUT2D eigenvalue weighted by molar-refractivity contribution is 5.85. The Morgan fingerprint density at radius 3 is 2.77 bits per heavy atom. The summed E-state index contributed by atoms with van der Waals surface area (Å²) in [6, 6.07) is 4.67. The van der Waals surface area contributed by atoms with Crippen LogP contribution in [0.1, 0.15) is 30.4 Å². The molecule has 1 aromatic carbocycles. The van der Waals surface area contributed by atoms with Crippen molar-refractivity contribution in [3.8, 4) is 0 Å². The summed E-state index contributed by atoms with van der Waals surface area (Å²) in [5.41, 5.74) is 1.22. The minimum Gasteiger partial charge on any atom is -0.392 e. The minimum atomic E-state index is -0.425. The molecule has 0 bridgehead atoms. The summed E-state index contributed by atoms with van der Waals surface area (Å²) in [5, 5.41) is 15.2. The molecule has 1 spiro atoms. The first-order valence-electron chi connectivity index (χ1n) is 7.51. The molecule has 22 heavy (non-hydrogen) atoms. The largest absolute Gasteiger partial charge is 0.392 e. The number of rotatable bonds is 4. The minimum absolute atomic E-state index is 0. The van der Waals surface area contributed by atoms with Crippen LogP contribution in [-0.2, 0) is 17.9 Å². The van der Waals surface area contributed by atoms with Crippen LogP contribution in [-0.4, -0.2) is 24.1 Å². The topological polar surface area (TPSA) is 61.4 Å². The molecule has 2 fully saturated rings. The highest BCUT2D eigenvalue weighted by Crippen LogP contribution is 2.58. The fourth-order valence-electron chi connectivity index (χ4n) is 3.34. The summed E-state index contributed by atoms with van der Waals surface area (Å²) in [4.78, 5) is 12.2. The van der Waals surface area contributed by atoms with Crippen molar-refractivity contribution in [2.24, 2.45) is 11.3 Å². The Morgan fingerprint density at radius 1 is 1.41 bits per heavy atom. The number of amides is 1. The van der Waals surface area contributed by atoms with E-state index >= 15 is 0 Å². The molecule has 1 saturated carbocycles. The molecule has 2 aliphatic rings. The molecule has 1 unspecified atom stereocenters. The lowest BCUT2D eigenvalue weighted by atomic mass is 9.92. The summed E-state index contributed by atoms with van der Waals surface area (Å²) < 4.78 is 13.6. The Balaban J connectivity index is 0.00000176. The van der Waals surface area contributed by atoms with Gasteiger partial charge in [-0.3, -0.25) is 4.79 Å². The average molecular weight is 329 g/mol. The number of nitrogens with one attached hydrogen (secondary N) is 2. The molecular formula is C16H22ClFN2O2. The van der Waals surface area contributed by atoms with E-state index in [9.17, 15) is 9.18 Å². The Kier molecular flexibility index (Phi) is 5.42. The van der Waals surface area contributed by atoms with Crippen molar-refractivity contribution in [1.82, 2.24) is 10.6 Å². The summed E-state index contributed by atoms with van der Waals surface area (Å²) in [5.74, 6) is -0.213. The Bertz CT molecular complexity index is 547. The number of halogens is 2. The molecule has 0 radical (unpaired) electrons. The lowest BCUT2D eigenvalue weighted by Gasteiger charge is -2.23. The number of aliphatic hydroxyl groups is 1. The van der Waals surface area contributed by atoms with Crippen molar-refractivity contribution in [3.05, 3.63) is 35.1 Å². The molecule has 4 nitrogen and oxygen atoms in total. The van der Waals surface area contributed by atoms with E-state index in [-0.39, 0.29) is 41.8 Å². The molecule has 1 atom stereocenters. The van der Waals surface area contributed by atoms with Gasteiger partial charge in [-0.1, -0.05) is 12.1 Å². The first-order valence-corrected chi connectivity index (χ1v) is 7.51. The van der Waals surface area contributed by atoms with Crippen LogP contribution in [0.25, 0.3) is 0 Å². The Labute approximate surface area is 135 Å². The van der Waals surface area contributed by atoms with Crippen molar-refractivity contribution >= 4 is 18.3 Å². The second-order valence-electron chi connectivity index (χ2n) is 6.17. The number of aliphatic hydroxyl groups excluding tert-OH is 1. The first kappa shape index (κ1) is 17.2. The van der Waals surface area contributed by atoms with Crippen molar-refractivity contribution in [1.29, 1.82) is 0 Å². The maximum absolute atomic E-state index is 13.6. The van der Waals surface area contributed by atoms with Crippen LogP contribution in [0.5, 0.6) is 0 Å². The molecule has 1 aliphatic heterocycles. The Morgan fingerprint density at radius 2 is 2.14 bits per heavy atom. The number of piperidine rings is 1. The second kappa shape index (κ2) is 6.94. The third kappa shape index (κ3) is 3.42. The van der Waals surface area contributed by atoms with E-state index in [0.29, 0.717) is 6.54 Å². The summed E-state index contributed by atoms with van der Waals surface area (Å²) >= 11 is 0. The molecule has 1 heterocycles. The second-order valence-corrected chi connectivity index (χ2v) is 6.17. The molecule has 1 aromatic rings. The van der Waals surface area contributed by atoms with E-state index in [1.54, 1.807) is 12.1 Å². The third-order valence-corrected chi connectivity index (χ3v) is 4.86. The van der Waals surface area contributed by atoms with Gasteiger partial charge in [-0.15, -0.1) is 12.4 Å². The predicted octanol–water partition coefficient (Wildman–Crippen LogP) is 1.75. The van der Waals surface area contributed by atoms with Gasteiger partial charge in [0.05, 0.1) is 6.61 Å². The summed E-state index contributed by atoms with van der Waals surface area (Å²) in [7, 11) is 0. The molecule has 1 saturated heterocycles. The maximum Gasteiger partial charge on any atom is 0.223 e. The monoisotopic (exact) mass is 328 g/mol. The highest BCUT2D eigenvalue weighted by Gasteiger charge is 2.57. The average Bonchev–Trinajstić information content (AvgIpc) is 3.19. The van der Waals surface area contributed by atoms with E-state index in [1.807, 2.05) is 0 Å². The predicted molar refractivity (Wildman–Crippen MR) is 84.1 cm³/mol. The van der Waals surface area contributed by atoms with E-state index in [1.165, 1.54) is 6.07 Å². The number of carbonyl (C=O) groups excluding carboxylic acids is 1. The van der Waals surface area contributed by atoms with Crippen LogP contribution in [0.2, 0.25) is 0 Å². The molecule has 1 aliphatic carbocycles. The quantitative estimate of drug-likeness (QED) is 0.789. The van der Waals surface area contributed by atoms with Crippen LogP contribution < -0.4 is 10.6 Å². The van der Waals surface area contributed by atoms with E-state index < -0.39 is 5.82 Å². The first-order chi connectivity index (χ1) is 10.1. The number of hydrogen-bond acceptors (Lipinski definition) is 3. The van der Waals surface area contributed by atoms with Gasteiger partial charge in [0.1, 0.15) is 5.82 Å². The lowest BCUT2D eigenvalue weighted by Crippen LogP contribution is -2.33. The fourth-order valence-corrected chi connectivity index (χ4v) is 3.34. The summed E-state index contributed by atoms with van der Waals surface area (Å²) in [6.07, 6.45) is 3.13. The zero-order chi connectivity index (χ0) is 14.9. The van der Waals surface area contributed by atoms with Gasteiger partial charge in [0, 0.05) is 18.0 Å². The fraction of sp³-hybridized carbons (Fsp3) is 0.562. The van der Waals surface area contributed by atoms with Crippen molar-refractivity contribution < 1.29 is 14.3 Å². The molecule has 3 N–H and O–H groups in total. The number of carbonyl (C=O) groups is 1. The number of hydrogen-bond donors (Lipinski definition) is 3. The van der Waals surface area contributed by atoms with Crippen LogP contribution in [0.3, 0.4) is 0 Å². The van der Waals surface area contributed by atoms with E-state index in [0.717, 1.165) is 37.9 Å². The smallest absolute Gasteiger partial charge is 0.223 e. The van der Waals surface area contributed by atoms with Crippen LogP contribution in [0.15, 0.2) is 18.2 Å². The molecule has 6 heteroatoms. The van der Waals surface area contributed by atoms with Crippen molar-refractivity contribution in [3.63, 3.8) is 0 Å². The van der Waals surface area contributed by atoms with Gasteiger partial charge in [-0.05, 0) is 49.4 Å². The van der Waals surface area contributed by atoms with Crippen LogP contribution in [0, 0.1) is 17.2 Å². The van der Waals surface area contributed by atoms with Gasteiger partial charge in [0.25, 0.3) is 0 Å². The van der Waals surface area contributed by atoms with Gasteiger partial charge < -0.3 is 15.7 Å². The van der Waals surface area contributed by atoms with Crippen molar-refractivity contribution in [2.45, 2.75) is 32.4 Å². The van der Waals surface area contributed by atoms with Gasteiger partial charge in [-0.2, -0.15) is 0 Å². The maximum atomic E-state index is 13.6. The lowest BCUT2D eigenvalue weighted by molar-refractivity contribution is -0.123. The molecular weight excluding hydrogens is 307 g/mol. The van der Waals surface area contributed by atoms with Gasteiger partial charge in [-0.25, -0.2) is 4.39 Å². The molecule has 122 valence electrons. The molecule has 1 amide bonds. The Hall–Kier alpha value is -1.17. The normalized spacial score (nSPS) is 22.0. The zero-order valence-electron chi connectivity index (χ0n) is 12.4. The van der Waals surface area contributed by atoms with Crippen LogP contribution in [0.4, 0.5) is 4.39 Å². The van der Waals surface area contributed by atoms with E-state index in [4.69, 9.17) is 5.11 Å². The standard InChI is InChI=1S/C16H21FN2O2.ClH/c17-14-7-11(1-2-12(14)10-20)9-19-15(21)13-8-16(13)3-5-18-6-4-16;/h1-2,7,13,18,20H,3-6,8-10H2,(H,19,21);1H. The van der Waals surface area contributed by atoms with E-state index in [2.05, 4.69) is 10.6 Å². The highest BCUT2D eigenvalue weighted by atomic mass is 35.5. The van der Waals surface area contributed by atoms with Crippen molar-refractivity contribution in [2.75, 3.05) is 13.1 Å². The summed E-state index contributed by atoms with van der Waals surface area (Å²) in [6.45, 7) is 2.03. The molecule has 0 aromatic heterocycles. The number of benzene rings is 1. The van der Waals surface area contributed by atoms with Gasteiger partial charge in [0.15, 0.2) is 0 Å². The zero-order valence-corrected chi connectivity index (χ0v) is 13.2. The van der Waals surface area contributed by atoms with Gasteiger partial charge in [0.2, 0.25) is 5.91 Å². The van der Waals surface area contributed by atoms with Crippen LogP contribution >= 0.6 is 12.4 Å².